The molecule has 0 fully saturated rings. The molecule has 0 aromatic heterocycles. The summed E-state index contributed by atoms with van der Waals surface area (Å²) in [5, 5.41) is 13.6. The summed E-state index contributed by atoms with van der Waals surface area (Å²) in [6.07, 6.45) is 1.41. The van der Waals surface area contributed by atoms with Crippen molar-refractivity contribution in [3.63, 3.8) is 0 Å². The fourth-order valence-electron chi connectivity index (χ4n) is 1.57. The number of rotatable bonds is 7. The van der Waals surface area contributed by atoms with Gasteiger partial charge in [-0.2, -0.15) is 0 Å². The van der Waals surface area contributed by atoms with Gasteiger partial charge < -0.3 is 21.5 Å². The fourth-order valence-corrected chi connectivity index (χ4v) is 1.57. The van der Waals surface area contributed by atoms with Crippen molar-refractivity contribution >= 4 is 23.6 Å². The Labute approximate surface area is 120 Å². The highest BCUT2D eigenvalue weighted by molar-refractivity contribution is 5.91. The number of amides is 3. The van der Waals surface area contributed by atoms with E-state index in [0.717, 1.165) is 12.1 Å². The van der Waals surface area contributed by atoms with Gasteiger partial charge in [-0.05, 0) is 31.0 Å². The van der Waals surface area contributed by atoms with Crippen LogP contribution in [0.3, 0.4) is 0 Å². The highest BCUT2D eigenvalue weighted by Gasteiger charge is 2.11. The fraction of sp³-hybridized carbons (Fsp3) is 0.308. The van der Waals surface area contributed by atoms with Crippen LogP contribution in [0.15, 0.2) is 18.2 Å². The molecule has 0 bridgehead atoms. The van der Waals surface area contributed by atoms with Crippen LogP contribution in [0.2, 0.25) is 0 Å². The molecule has 0 saturated heterocycles. The van der Waals surface area contributed by atoms with Crippen molar-refractivity contribution in [2.75, 3.05) is 11.9 Å². The van der Waals surface area contributed by atoms with Crippen molar-refractivity contribution < 1.29 is 23.9 Å². The first-order valence-electron chi connectivity index (χ1n) is 6.26. The van der Waals surface area contributed by atoms with Crippen LogP contribution in [0.5, 0.6) is 0 Å². The van der Waals surface area contributed by atoms with Gasteiger partial charge in [-0.1, -0.05) is 0 Å². The molecule has 0 spiro atoms. The number of primary amides is 1. The molecule has 0 aliphatic heterocycles. The summed E-state index contributed by atoms with van der Waals surface area (Å²) in [4.78, 5) is 32.6. The summed E-state index contributed by atoms with van der Waals surface area (Å²) in [5.74, 6) is -2.70. The Hall–Kier alpha value is -2.64. The van der Waals surface area contributed by atoms with Crippen molar-refractivity contribution in [2.45, 2.75) is 19.3 Å². The molecule has 1 aromatic carbocycles. The number of hydrogen-bond donors (Lipinski definition) is 4. The molecule has 21 heavy (non-hydrogen) atoms. The van der Waals surface area contributed by atoms with E-state index in [0.29, 0.717) is 19.4 Å². The Kier molecular flexibility index (Phi) is 6.12. The van der Waals surface area contributed by atoms with Crippen LogP contribution in [-0.2, 0) is 4.79 Å². The van der Waals surface area contributed by atoms with Gasteiger partial charge in [0.25, 0.3) is 0 Å². The Bertz CT molecular complexity index is 548. The number of hydrogen-bond acceptors (Lipinski definition) is 3. The lowest BCUT2D eigenvalue weighted by atomic mass is 10.2. The average molecular weight is 297 g/mol. The maximum atomic E-state index is 13.4. The van der Waals surface area contributed by atoms with Crippen molar-refractivity contribution in [1.82, 2.24) is 5.32 Å². The molecule has 0 aliphatic rings. The highest BCUT2D eigenvalue weighted by atomic mass is 19.1. The minimum absolute atomic E-state index is 0.145. The zero-order valence-electron chi connectivity index (χ0n) is 11.2. The van der Waals surface area contributed by atoms with E-state index in [4.69, 9.17) is 10.8 Å². The van der Waals surface area contributed by atoms with Gasteiger partial charge in [-0.15, -0.1) is 0 Å². The van der Waals surface area contributed by atoms with Crippen LogP contribution >= 0.6 is 0 Å². The van der Waals surface area contributed by atoms with Crippen LogP contribution in [0.25, 0.3) is 0 Å². The second kappa shape index (κ2) is 7.83. The van der Waals surface area contributed by atoms with E-state index < -0.39 is 29.3 Å². The second-order valence-electron chi connectivity index (χ2n) is 4.30. The number of nitrogens with two attached hydrogens (primary N) is 1. The van der Waals surface area contributed by atoms with E-state index in [1.165, 1.54) is 6.07 Å². The van der Waals surface area contributed by atoms with E-state index in [1.54, 1.807) is 0 Å². The van der Waals surface area contributed by atoms with Gasteiger partial charge in [-0.3, -0.25) is 4.79 Å². The summed E-state index contributed by atoms with van der Waals surface area (Å²) in [6.45, 7) is 0.342. The number of urea groups is 1. The zero-order valence-corrected chi connectivity index (χ0v) is 11.2. The van der Waals surface area contributed by atoms with Crippen LogP contribution < -0.4 is 16.4 Å². The Morgan fingerprint density at radius 3 is 2.52 bits per heavy atom. The first-order valence-corrected chi connectivity index (χ1v) is 6.26. The zero-order chi connectivity index (χ0) is 15.8. The van der Waals surface area contributed by atoms with E-state index in [1.807, 2.05) is 0 Å². The minimum atomic E-state index is -1.38. The van der Waals surface area contributed by atoms with Crippen LogP contribution in [0.4, 0.5) is 14.9 Å². The second-order valence-corrected chi connectivity index (χ2v) is 4.30. The third-order valence-corrected chi connectivity index (χ3v) is 2.59. The van der Waals surface area contributed by atoms with E-state index in [-0.39, 0.29) is 12.1 Å². The largest absolute Gasteiger partial charge is 0.478 e. The van der Waals surface area contributed by atoms with Crippen LogP contribution in [-0.4, -0.2) is 29.6 Å². The summed E-state index contributed by atoms with van der Waals surface area (Å²) in [6, 6.07) is 2.74. The van der Waals surface area contributed by atoms with Gasteiger partial charge in [0.15, 0.2) is 0 Å². The average Bonchev–Trinajstić information content (AvgIpc) is 2.37. The number of carboxylic acid groups (broad SMARTS) is 1. The van der Waals surface area contributed by atoms with Crippen molar-refractivity contribution in [1.29, 1.82) is 0 Å². The predicted octanol–water partition coefficient (Wildman–Crippen LogP) is 1.30. The van der Waals surface area contributed by atoms with Gasteiger partial charge in [0.1, 0.15) is 5.82 Å². The first-order chi connectivity index (χ1) is 9.90. The quantitative estimate of drug-likeness (QED) is 0.567. The van der Waals surface area contributed by atoms with E-state index in [9.17, 15) is 18.8 Å². The van der Waals surface area contributed by atoms with Gasteiger partial charge in [0.2, 0.25) is 5.91 Å². The summed E-state index contributed by atoms with van der Waals surface area (Å²) in [7, 11) is 0. The van der Waals surface area contributed by atoms with Crippen molar-refractivity contribution in [3.05, 3.63) is 29.6 Å². The molecule has 0 heterocycles. The molecule has 8 heteroatoms. The monoisotopic (exact) mass is 297 g/mol. The number of carbonyl (C=O) groups excluding carboxylic acids is 2. The molecule has 0 unspecified atom stereocenters. The molecular weight excluding hydrogens is 281 g/mol. The normalized spacial score (nSPS) is 9.95. The summed E-state index contributed by atoms with van der Waals surface area (Å²) in [5.41, 5.74) is 4.65. The lowest BCUT2D eigenvalue weighted by molar-refractivity contribution is -0.118. The molecule has 1 aromatic rings. The first kappa shape index (κ1) is 16.4. The van der Waals surface area contributed by atoms with Crippen LogP contribution in [0.1, 0.15) is 29.6 Å². The number of carbonyl (C=O) groups is 3. The molecule has 0 aliphatic carbocycles. The molecule has 1 rings (SSSR count). The van der Waals surface area contributed by atoms with Gasteiger partial charge in [0.05, 0.1) is 5.56 Å². The molecule has 7 nitrogen and oxygen atoms in total. The maximum Gasteiger partial charge on any atom is 0.338 e. The van der Waals surface area contributed by atoms with E-state index in [2.05, 4.69) is 10.6 Å². The molecule has 5 N–H and O–H groups in total. The lowest BCUT2D eigenvalue weighted by Crippen LogP contribution is -2.29. The number of carboxylic acids is 1. The number of nitrogens with one attached hydrogen (secondary N) is 2. The Morgan fingerprint density at radius 2 is 1.95 bits per heavy atom. The van der Waals surface area contributed by atoms with Gasteiger partial charge in [-0.25, -0.2) is 14.0 Å². The molecule has 0 atom stereocenters. The van der Waals surface area contributed by atoms with E-state index >= 15 is 0 Å². The molecule has 114 valence electrons. The van der Waals surface area contributed by atoms with Crippen molar-refractivity contribution in [3.8, 4) is 0 Å². The predicted molar refractivity (Wildman–Crippen MR) is 73.4 cm³/mol. The third-order valence-electron chi connectivity index (χ3n) is 2.59. The van der Waals surface area contributed by atoms with Gasteiger partial charge >= 0.3 is 12.0 Å². The third kappa shape index (κ3) is 5.89. The van der Waals surface area contributed by atoms with Crippen LogP contribution in [0, 0.1) is 5.82 Å². The highest BCUT2D eigenvalue weighted by Crippen LogP contribution is 2.14. The lowest BCUT2D eigenvalue weighted by Gasteiger charge is -2.08. The smallest absolute Gasteiger partial charge is 0.338 e. The topological polar surface area (TPSA) is 122 Å². The number of benzene rings is 1. The molecule has 0 saturated carbocycles. The number of aromatic carboxylic acids is 1. The number of anilines is 1. The standard InChI is InChI=1S/C13H16FN3O4/c14-10-7-8(4-5-9(10)12(19)20)17-13(21)16-6-2-1-3-11(15)18/h4-5,7H,1-3,6H2,(H2,15,18)(H,19,20)(H2,16,17,21). The van der Waals surface area contributed by atoms with Crippen molar-refractivity contribution in [2.24, 2.45) is 5.73 Å². The molecule has 0 radical (unpaired) electrons. The molecule has 3 amide bonds. The van der Waals surface area contributed by atoms with Gasteiger partial charge in [0, 0.05) is 18.7 Å². The Morgan fingerprint density at radius 1 is 1.24 bits per heavy atom. The minimum Gasteiger partial charge on any atom is -0.478 e. The maximum absolute atomic E-state index is 13.4. The Balaban J connectivity index is 2.39. The SMILES string of the molecule is NC(=O)CCCCNC(=O)Nc1ccc(C(=O)O)c(F)c1. The summed E-state index contributed by atoms with van der Waals surface area (Å²) < 4.78 is 13.4. The number of halogens is 1. The number of unbranched alkanes of at least 4 members (excludes halogenated alkanes) is 1. The summed E-state index contributed by atoms with van der Waals surface area (Å²) >= 11 is 0. The molecular formula is C13H16FN3O4.